The second-order valence-electron chi connectivity index (χ2n) is 28.1. The summed E-state index contributed by atoms with van der Waals surface area (Å²) in [6.07, 6.45) is -4.36. The van der Waals surface area contributed by atoms with Crippen LogP contribution in [-0.4, -0.2) is 247 Å². The summed E-state index contributed by atoms with van der Waals surface area (Å²) in [5.41, 5.74) is 28.2. The molecule has 1 aromatic rings. The minimum absolute atomic E-state index is 0.0739. The van der Waals surface area contributed by atoms with Crippen LogP contribution in [0, 0.1) is 17.8 Å². The topological polar surface area (TPSA) is 694 Å². The van der Waals surface area contributed by atoms with Crippen LogP contribution < -0.4 is 87.2 Å². The van der Waals surface area contributed by atoms with Crippen LogP contribution in [0.25, 0.3) is 0 Å². The number of aliphatic hydroxyl groups is 1. The second kappa shape index (κ2) is 49.5. The lowest BCUT2D eigenvalue weighted by Gasteiger charge is -2.31. The number of likely N-dealkylation sites (tertiary alicyclic amines) is 1. The molecule has 41 heteroatoms. The molecule has 27 N–H and O–H groups in total. The standard InChI is InChI=1S/C70H113N17O24/c1-7-37(6)57(68(108)78-42(14-9-11-27-72)59(99)76-41(13-8-10-26-71)60(100)79-44(70(110)111)22-25-55(94)95)86-61(101)43(21-24-54(92)93)77-66(106)50(34-88)85-63(103)46(30-36(4)5)82-65(105)48(33-56(96)97)83-67(107)51-15-12-28-87(51)69(109)49(31-38-16-18-39(89)19-17-38)84-62(102)45(29-35(2)3)81-64(104)47(32-53(75)91)80-58(98)40(73)20-23-52(74)90/h16-19,35-37,40-51,57,88-89H,7-15,20-34,71-73H2,1-6H3,(H2,74,90)(H2,75,91)(H,76,99)(H,77,106)(H,78,108)(H,79,100)(H,80,98)(H,81,104)(H,82,105)(H,83,107)(H,84,102)(H,85,103)(H,86,101)(H,92,93)(H,94,95)(H,96,97)(H,110,111)/t37-,40-,41-,42-,43-,44-,45-,46-,47-,48-,49-,50-,51-,57-/m0/s1. The summed E-state index contributed by atoms with van der Waals surface area (Å²) in [6.45, 7) is 8.76. The van der Waals surface area contributed by atoms with Gasteiger partial charge in [0.15, 0.2) is 0 Å². The van der Waals surface area contributed by atoms with E-state index < -0.39 is 242 Å². The molecule has 111 heavy (non-hydrogen) atoms. The van der Waals surface area contributed by atoms with Crippen LogP contribution >= 0.6 is 0 Å². The predicted molar refractivity (Wildman–Crippen MR) is 393 cm³/mol. The molecular weight excluding hydrogens is 1460 g/mol. The van der Waals surface area contributed by atoms with Crippen molar-refractivity contribution in [3.63, 3.8) is 0 Å². The second-order valence-corrected chi connectivity index (χ2v) is 28.1. The molecule has 1 aromatic carbocycles. The number of carboxylic acids is 4. The molecule has 1 aliphatic rings. The SMILES string of the molecule is CC[C@H](C)[C@H](NC(=O)[C@H](CCC(=O)O)NC(=O)[C@H](CO)NC(=O)[C@H](CC(C)C)NC(=O)[C@H](CC(=O)O)NC(=O)[C@@H]1CCCN1C(=O)[C@H](Cc1ccc(O)cc1)NC(=O)[C@H](CC(C)C)NC(=O)[C@H](CC(N)=O)NC(=O)[C@@H](N)CCC(N)=O)C(=O)N[C@@H](CCCCN)C(=O)N[C@@H](CCCCN)C(=O)N[C@@H](CCC(=O)O)C(=O)O. The minimum atomic E-state index is -2.00. The zero-order valence-electron chi connectivity index (χ0n) is 63.4. The van der Waals surface area contributed by atoms with Crippen molar-refractivity contribution in [2.75, 3.05) is 26.2 Å². The Kier molecular flexibility index (Phi) is 43.0. The van der Waals surface area contributed by atoms with E-state index in [1.165, 1.54) is 31.2 Å². The number of unbranched alkanes of at least 4 members (excludes halogenated alkanes) is 2. The highest BCUT2D eigenvalue weighted by Crippen LogP contribution is 2.23. The molecule has 14 atom stereocenters. The molecule has 0 saturated carbocycles. The number of carbonyl (C=O) groups is 18. The van der Waals surface area contributed by atoms with Crippen molar-refractivity contribution in [3.8, 4) is 5.75 Å². The van der Waals surface area contributed by atoms with E-state index >= 15 is 0 Å². The Morgan fingerprint density at radius 1 is 0.459 bits per heavy atom. The average Bonchev–Trinajstić information content (AvgIpc) is 1.72. The average molecular weight is 1580 g/mol. The molecule has 1 saturated heterocycles. The molecule has 0 spiro atoms. The summed E-state index contributed by atoms with van der Waals surface area (Å²) in [4.78, 5) is 242. The lowest BCUT2D eigenvalue weighted by atomic mass is 9.96. The number of phenolic OH excluding ortho intramolecular Hbond substituents is 1. The molecule has 1 aliphatic heterocycles. The van der Waals surface area contributed by atoms with Crippen molar-refractivity contribution in [1.29, 1.82) is 0 Å². The van der Waals surface area contributed by atoms with Crippen molar-refractivity contribution < 1.29 is 117 Å². The van der Waals surface area contributed by atoms with Crippen LogP contribution in [0.5, 0.6) is 5.75 Å². The number of primary amides is 2. The van der Waals surface area contributed by atoms with Crippen LogP contribution in [-0.2, 0) is 92.7 Å². The van der Waals surface area contributed by atoms with Gasteiger partial charge in [0, 0.05) is 32.2 Å². The van der Waals surface area contributed by atoms with E-state index in [-0.39, 0.29) is 108 Å². The summed E-state index contributed by atoms with van der Waals surface area (Å²) in [5.74, 6) is -22.3. The first-order valence-corrected chi connectivity index (χ1v) is 36.8. The van der Waals surface area contributed by atoms with Gasteiger partial charge >= 0.3 is 23.9 Å². The molecule has 622 valence electrons. The molecule has 0 bridgehead atoms. The number of aromatic hydroxyl groups is 1. The summed E-state index contributed by atoms with van der Waals surface area (Å²) in [6, 6.07) is -15.7. The number of nitrogens with two attached hydrogens (primary N) is 5. The van der Waals surface area contributed by atoms with Crippen molar-refractivity contribution in [2.45, 2.75) is 249 Å². The first-order chi connectivity index (χ1) is 52.2. The molecular formula is C70H113N17O24. The van der Waals surface area contributed by atoms with Gasteiger partial charge in [-0.05, 0) is 132 Å². The largest absolute Gasteiger partial charge is 0.508 e. The third-order valence-electron chi connectivity index (χ3n) is 17.9. The van der Waals surface area contributed by atoms with Crippen LogP contribution in [0.4, 0.5) is 0 Å². The van der Waals surface area contributed by atoms with E-state index in [1.54, 1.807) is 34.6 Å². The molecule has 1 fully saturated rings. The number of nitrogens with zero attached hydrogens (tertiary/aromatic N) is 1. The Bertz CT molecular complexity index is 3380. The Hall–Kier alpha value is -10.7. The van der Waals surface area contributed by atoms with E-state index in [2.05, 4.69) is 58.5 Å². The summed E-state index contributed by atoms with van der Waals surface area (Å²) < 4.78 is 0. The van der Waals surface area contributed by atoms with Gasteiger partial charge in [-0.15, -0.1) is 0 Å². The van der Waals surface area contributed by atoms with Gasteiger partial charge in [0.05, 0.1) is 25.5 Å². The third-order valence-corrected chi connectivity index (χ3v) is 17.9. The van der Waals surface area contributed by atoms with E-state index in [0.717, 1.165) is 4.90 Å². The molecule has 0 aliphatic carbocycles. The number of hydrogen-bond donors (Lipinski definition) is 22. The van der Waals surface area contributed by atoms with Crippen molar-refractivity contribution in [1.82, 2.24) is 63.4 Å². The van der Waals surface area contributed by atoms with Crippen molar-refractivity contribution >= 4 is 107 Å². The Morgan fingerprint density at radius 2 is 0.874 bits per heavy atom. The lowest BCUT2D eigenvalue weighted by Crippen LogP contribution is -2.62. The van der Waals surface area contributed by atoms with Crippen LogP contribution in [0.3, 0.4) is 0 Å². The number of carboxylic acid groups (broad SMARTS) is 4. The maximum Gasteiger partial charge on any atom is 0.326 e. The highest BCUT2D eigenvalue weighted by Gasteiger charge is 2.42. The monoisotopic (exact) mass is 1580 g/mol. The van der Waals surface area contributed by atoms with E-state index in [1.807, 2.05) is 0 Å². The number of benzene rings is 1. The van der Waals surface area contributed by atoms with Crippen molar-refractivity contribution in [3.05, 3.63) is 29.8 Å². The first-order valence-electron chi connectivity index (χ1n) is 36.8. The van der Waals surface area contributed by atoms with Gasteiger partial charge < -0.3 is 123 Å². The fourth-order valence-electron chi connectivity index (χ4n) is 11.6. The van der Waals surface area contributed by atoms with E-state index in [9.17, 15) is 112 Å². The number of phenols is 1. The maximum absolute atomic E-state index is 14.9. The first kappa shape index (κ1) is 96.4. The zero-order chi connectivity index (χ0) is 83.9. The summed E-state index contributed by atoms with van der Waals surface area (Å²) in [5, 5.41) is 85.8. The van der Waals surface area contributed by atoms with Gasteiger partial charge in [-0.3, -0.25) is 81.5 Å². The predicted octanol–water partition coefficient (Wildman–Crippen LogP) is -5.60. The number of aliphatic hydroxyl groups excluding tert-OH is 1. The van der Waals surface area contributed by atoms with Gasteiger partial charge in [0.25, 0.3) is 0 Å². The van der Waals surface area contributed by atoms with Gasteiger partial charge in [-0.1, -0.05) is 60.1 Å². The highest BCUT2D eigenvalue weighted by atomic mass is 16.4. The Morgan fingerprint density at radius 3 is 1.32 bits per heavy atom. The number of amides is 14. The molecule has 0 aromatic heterocycles. The minimum Gasteiger partial charge on any atom is -0.508 e. The Balaban J connectivity index is 2.50. The number of aliphatic carboxylic acids is 4. The van der Waals surface area contributed by atoms with Crippen molar-refractivity contribution in [2.24, 2.45) is 46.4 Å². The molecule has 0 radical (unpaired) electrons. The number of nitrogens with one attached hydrogen (secondary N) is 11. The maximum atomic E-state index is 14.9. The summed E-state index contributed by atoms with van der Waals surface area (Å²) in [7, 11) is 0. The van der Waals surface area contributed by atoms with Gasteiger partial charge in [-0.25, -0.2) is 4.79 Å². The highest BCUT2D eigenvalue weighted by molar-refractivity contribution is 6.01. The fourth-order valence-corrected chi connectivity index (χ4v) is 11.6. The summed E-state index contributed by atoms with van der Waals surface area (Å²) >= 11 is 0. The Labute approximate surface area is 641 Å². The molecule has 14 amide bonds. The quantitative estimate of drug-likeness (QED) is 0.0270. The van der Waals surface area contributed by atoms with Gasteiger partial charge in [0.2, 0.25) is 82.7 Å². The smallest absolute Gasteiger partial charge is 0.326 e. The number of hydrogen-bond acceptors (Lipinski definition) is 23. The van der Waals surface area contributed by atoms with E-state index in [0.29, 0.717) is 18.4 Å². The normalized spacial score (nSPS) is 16.1. The fraction of sp³-hybridized carbons (Fsp3) is 0.657. The molecule has 1 heterocycles. The zero-order valence-corrected chi connectivity index (χ0v) is 63.4. The van der Waals surface area contributed by atoms with Crippen LogP contribution in [0.2, 0.25) is 0 Å². The van der Waals surface area contributed by atoms with E-state index in [4.69, 9.17) is 33.8 Å². The molecule has 2 rings (SSSR count). The van der Waals surface area contributed by atoms with Gasteiger partial charge in [0.1, 0.15) is 78.3 Å². The molecule has 41 nitrogen and oxygen atoms in total. The van der Waals surface area contributed by atoms with Crippen LogP contribution in [0.1, 0.15) is 169 Å². The van der Waals surface area contributed by atoms with Crippen LogP contribution in [0.15, 0.2) is 24.3 Å². The van der Waals surface area contributed by atoms with Gasteiger partial charge in [-0.2, -0.15) is 0 Å². The lowest BCUT2D eigenvalue weighted by molar-refractivity contribution is -0.144. The number of rotatable bonds is 54. The third kappa shape index (κ3) is 35.7. The molecule has 0 unspecified atom stereocenters. The number of carbonyl (C=O) groups excluding carboxylic acids is 14.